The van der Waals surface area contributed by atoms with E-state index < -0.39 is 0 Å². The van der Waals surface area contributed by atoms with Gasteiger partial charge in [-0.05, 0) is 42.8 Å². The highest BCUT2D eigenvalue weighted by Gasteiger charge is 2.04. The van der Waals surface area contributed by atoms with Crippen molar-refractivity contribution in [2.75, 3.05) is 0 Å². The zero-order valence-corrected chi connectivity index (χ0v) is 11.0. The van der Waals surface area contributed by atoms with Crippen LogP contribution < -0.4 is 4.74 Å². The number of hydrogen-bond donors (Lipinski definition) is 1. The normalized spacial score (nSPS) is 10.4. The summed E-state index contributed by atoms with van der Waals surface area (Å²) in [5.74, 6) is 1.72. The molecule has 0 aliphatic heterocycles. The molecule has 2 aromatic carbocycles. The van der Waals surface area contributed by atoms with Crippen LogP contribution in [0.3, 0.4) is 0 Å². The molecule has 0 amide bonds. The number of hydrogen-bond acceptors (Lipinski definition) is 3. The molecule has 3 rings (SSSR count). The number of nitrogens with zero attached hydrogens (tertiary/aromatic N) is 2. The van der Waals surface area contributed by atoms with Crippen molar-refractivity contribution in [3.8, 4) is 22.9 Å². The molecule has 100 valence electrons. The Morgan fingerprint density at radius 2 is 1.80 bits per heavy atom. The molecule has 0 unspecified atom stereocenters. The fourth-order valence-electron chi connectivity index (χ4n) is 1.90. The van der Waals surface area contributed by atoms with Gasteiger partial charge in [0.25, 0.3) is 0 Å². The highest BCUT2D eigenvalue weighted by Crippen LogP contribution is 2.25. The van der Waals surface area contributed by atoms with Gasteiger partial charge in [0.2, 0.25) is 0 Å². The standard InChI is InChI=1S/C16H14N2O2/c1-12-4-2-3-5-16(12)20-15-10-17-18(11-15)13-6-8-14(19)9-7-13/h2-11,19H,1H3. The van der Waals surface area contributed by atoms with E-state index in [1.54, 1.807) is 41.3 Å². The Bertz CT molecular complexity index is 717. The van der Waals surface area contributed by atoms with E-state index >= 15 is 0 Å². The van der Waals surface area contributed by atoms with Gasteiger partial charge in [0.1, 0.15) is 11.5 Å². The van der Waals surface area contributed by atoms with Gasteiger partial charge < -0.3 is 9.84 Å². The predicted octanol–water partition coefficient (Wildman–Crippen LogP) is 3.68. The van der Waals surface area contributed by atoms with Crippen LogP contribution in [0.15, 0.2) is 60.9 Å². The number of phenols is 1. The third-order valence-corrected chi connectivity index (χ3v) is 2.99. The van der Waals surface area contributed by atoms with Crippen LogP contribution in [0, 0.1) is 6.92 Å². The molecule has 20 heavy (non-hydrogen) atoms. The number of phenolic OH excluding ortho intramolecular Hbond substituents is 1. The van der Waals surface area contributed by atoms with Crippen molar-refractivity contribution in [3.05, 3.63) is 66.5 Å². The average Bonchev–Trinajstić information content (AvgIpc) is 2.91. The van der Waals surface area contributed by atoms with Crippen molar-refractivity contribution >= 4 is 0 Å². The van der Waals surface area contributed by atoms with Gasteiger partial charge >= 0.3 is 0 Å². The second-order valence-electron chi connectivity index (χ2n) is 4.50. The topological polar surface area (TPSA) is 47.3 Å². The second-order valence-corrected chi connectivity index (χ2v) is 4.50. The van der Waals surface area contributed by atoms with E-state index in [9.17, 15) is 5.11 Å². The van der Waals surface area contributed by atoms with Gasteiger partial charge in [-0.2, -0.15) is 5.10 Å². The highest BCUT2D eigenvalue weighted by molar-refractivity contribution is 5.39. The summed E-state index contributed by atoms with van der Waals surface area (Å²) in [4.78, 5) is 0. The molecule has 4 nitrogen and oxygen atoms in total. The molecule has 0 saturated heterocycles. The summed E-state index contributed by atoms with van der Waals surface area (Å²) in [6.07, 6.45) is 3.47. The van der Waals surface area contributed by atoms with Crippen molar-refractivity contribution in [2.24, 2.45) is 0 Å². The van der Waals surface area contributed by atoms with Crippen molar-refractivity contribution in [1.29, 1.82) is 0 Å². The number of para-hydroxylation sites is 1. The lowest BCUT2D eigenvalue weighted by Crippen LogP contribution is -1.92. The molecule has 1 aromatic heterocycles. The minimum absolute atomic E-state index is 0.234. The summed E-state index contributed by atoms with van der Waals surface area (Å²) in [6.45, 7) is 2.00. The second kappa shape index (κ2) is 5.09. The molecular weight excluding hydrogens is 252 g/mol. The first-order valence-electron chi connectivity index (χ1n) is 6.30. The smallest absolute Gasteiger partial charge is 0.165 e. The first-order chi connectivity index (χ1) is 9.72. The van der Waals surface area contributed by atoms with Crippen LogP contribution >= 0.6 is 0 Å². The predicted molar refractivity (Wildman–Crippen MR) is 76.5 cm³/mol. The van der Waals surface area contributed by atoms with Crippen molar-refractivity contribution in [3.63, 3.8) is 0 Å². The Morgan fingerprint density at radius 3 is 2.55 bits per heavy atom. The fourth-order valence-corrected chi connectivity index (χ4v) is 1.90. The van der Waals surface area contributed by atoms with Gasteiger partial charge in [-0.3, -0.25) is 0 Å². The van der Waals surface area contributed by atoms with Gasteiger partial charge in [-0.1, -0.05) is 18.2 Å². The van der Waals surface area contributed by atoms with Crippen LogP contribution in [-0.2, 0) is 0 Å². The van der Waals surface area contributed by atoms with Gasteiger partial charge in [0, 0.05) is 0 Å². The van der Waals surface area contributed by atoms with Crippen molar-refractivity contribution < 1.29 is 9.84 Å². The molecule has 0 aliphatic carbocycles. The number of ether oxygens (including phenoxy) is 1. The lowest BCUT2D eigenvalue weighted by molar-refractivity contribution is 0.475. The minimum atomic E-state index is 0.234. The van der Waals surface area contributed by atoms with Crippen LogP contribution in [0.25, 0.3) is 5.69 Å². The van der Waals surface area contributed by atoms with Crippen LogP contribution in [0.1, 0.15) is 5.56 Å². The third-order valence-electron chi connectivity index (χ3n) is 2.99. The van der Waals surface area contributed by atoms with E-state index in [1.807, 2.05) is 31.2 Å². The van der Waals surface area contributed by atoms with E-state index in [2.05, 4.69) is 5.10 Å². The molecule has 0 atom stereocenters. The van der Waals surface area contributed by atoms with E-state index in [-0.39, 0.29) is 5.75 Å². The lowest BCUT2D eigenvalue weighted by atomic mass is 10.2. The Hall–Kier alpha value is -2.75. The summed E-state index contributed by atoms with van der Waals surface area (Å²) < 4.78 is 7.50. The molecule has 0 aliphatic rings. The Balaban J connectivity index is 1.84. The van der Waals surface area contributed by atoms with E-state index in [4.69, 9.17) is 4.74 Å². The molecule has 3 aromatic rings. The van der Waals surface area contributed by atoms with Crippen LogP contribution in [0.4, 0.5) is 0 Å². The van der Waals surface area contributed by atoms with Gasteiger partial charge in [0.15, 0.2) is 5.75 Å². The maximum Gasteiger partial charge on any atom is 0.165 e. The average molecular weight is 266 g/mol. The summed E-state index contributed by atoms with van der Waals surface area (Å²) in [5, 5.41) is 13.5. The van der Waals surface area contributed by atoms with E-state index in [0.29, 0.717) is 5.75 Å². The molecule has 0 bridgehead atoms. The molecule has 1 N–H and O–H groups in total. The highest BCUT2D eigenvalue weighted by atomic mass is 16.5. The zero-order chi connectivity index (χ0) is 13.9. The third kappa shape index (κ3) is 2.49. The molecule has 0 radical (unpaired) electrons. The molecule has 0 spiro atoms. The molecule has 0 fully saturated rings. The van der Waals surface area contributed by atoms with E-state index in [0.717, 1.165) is 17.0 Å². The molecule has 0 saturated carbocycles. The summed E-state index contributed by atoms with van der Waals surface area (Å²) in [6, 6.07) is 14.7. The number of benzene rings is 2. The van der Waals surface area contributed by atoms with Gasteiger partial charge in [-0.15, -0.1) is 0 Å². The van der Waals surface area contributed by atoms with Crippen LogP contribution in [0.2, 0.25) is 0 Å². The minimum Gasteiger partial charge on any atom is -0.508 e. The van der Waals surface area contributed by atoms with E-state index in [1.165, 1.54) is 0 Å². The molecule has 4 heteroatoms. The zero-order valence-electron chi connectivity index (χ0n) is 11.0. The fraction of sp³-hybridized carbons (Fsp3) is 0.0625. The summed E-state index contributed by atoms with van der Waals surface area (Å²) in [7, 11) is 0. The Labute approximate surface area is 116 Å². The van der Waals surface area contributed by atoms with Crippen LogP contribution in [0.5, 0.6) is 17.2 Å². The largest absolute Gasteiger partial charge is 0.508 e. The Morgan fingerprint density at radius 1 is 1.05 bits per heavy atom. The molecule has 1 heterocycles. The van der Waals surface area contributed by atoms with Crippen LogP contribution in [-0.4, -0.2) is 14.9 Å². The maximum atomic E-state index is 9.28. The maximum absolute atomic E-state index is 9.28. The van der Waals surface area contributed by atoms with Crippen molar-refractivity contribution in [1.82, 2.24) is 9.78 Å². The number of aryl methyl sites for hydroxylation is 1. The SMILES string of the molecule is Cc1ccccc1Oc1cnn(-c2ccc(O)cc2)c1. The number of aromatic hydroxyl groups is 1. The Kier molecular flexibility index (Phi) is 3.13. The van der Waals surface area contributed by atoms with Crippen molar-refractivity contribution in [2.45, 2.75) is 6.92 Å². The monoisotopic (exact) mass is 266 g/mol. The number of rotatable bonds is 3. The first-order valence-corrected chi connectivity index (χ1v) is 6.30. The summed E-state index contributed by atoms with van der Waals surface area (Å²) in [5.41, 5.74) is 1.94. The first kappa shape index (κ1) is 12.3. The number of aromatic nitrogens is 2. The van der Waals surface area contributed by atoms with Gasteiger partial charge in [-0.25, -0.2) is 4.68 Å². The summed E-state index contributed by atoms with van der Waals surface area (Å²) >= 11 is 0. The molecular formula is C16H14N2O2. The quantitative estimate of drug-likeness (QED) is 0.786. The lowest BCUT2D eigenvalue weighted by Gasteiger charge is -2.05. The van der Waals surface area contributed by atoms with Gasteiger partial charge in [0.05, 0.1) is 18.1 Å².